The van der Waals surface area contributed by atoms with Crippen LogP contribution in [-0.4, -0.2) is 11.5 Å². The number of pyridine rings is 1. The lowest BCUT2D eigenvalue weighted by molar-refractivity contribution is 0.503. The monoisotopic (exact) mass is 227 g/mol. The molecule has 2 rings (SSSR count). The van der Waals surface area contributed by atoms with Crippen LogP contribution in [0.3, 0.4) is 0 Å². The number of hydrogen-bond donors (Lipinski definition) is 1. The summed E-state index contributed by atoms with van der Waals surface area (Å²) < 4.78 is 0. The molecule has 0 aromatic carbocycles. The third-order valence-corrected chi connectivity index (χ3v) is 3.03. The van der Waals surface area contributed by atoms with E-state index < -0.39 is 0 Å². The van der Waals surface area contributed by atoms with Crippen molar-refractivity contribution in [3.8, 4) is 6.07 Å². The van der Waals surface area contributed by atoms with Gasteiger partial charge in [0, 0.05) is 12.2 Å². The second-order valence-corrected chi connectivity index (χ2v) is 4.53. The van der Waals surface area contributed by atoms with E-state index in [1.807, 2.05) is 13.0 Å². The highest BCUT2D eigenvalue weighted by molar-refractivity contribution is 5.44. The van der Waals surface area contributed by atoms with Gasteiger partial charge in [-0.3, -0.25) is 0 Å². The first-order valence-electron chi connectivity index (χ1n) is 6.05. The maximum Gasteiger partial charge on any atom is 0.127 e. The zero-order valence-electron chi connectivity index (χ0n) is 10.1. The van der Waals surface area contributed by atoms with Crippen LogP contribution in [0.2, 0.25) is 0 Å². The molecular formula is C14H17N3. The van der Waals surface area contributed by atoms with Crippen LogP contribution in [0.1, 0.15) is 30.5 Å². The zero-order chi connectivity index (χ0) is 12.1. The molecule has 0 saturated carbocycles. The van der Waals surface area contributed by atoms with Crippen molar-refractivity contribution in [3.05, 3.63) is 35.5 Å². The van der Waals surface area contributed by atoms with Gasteiger partial charge in [-0.25, -0.2) is 4.98 Å². The van der Waals surface area contributed by atoms with Crippen molar-refractivity contribution >= 4 is 5.82 Å². The van der Waals surface area contributed by atoms with Crippen LogP contribution in [0.25, 0.3) is 0 Å². The van der Waals surface area contributed by atoms with Gasteiger partial charge in [0.25, 0.3) is 0 Å². The molecule has 17 heavy (non-hydrogen) atoms. The summed E-state index contributed by atoms with van der Waals surface area (Å²) in [7, 11) is 0. The average molecular weight is 227 g/mol. The number of allylic oxidation sites excluding steroid dienone is 2. The predicted octanol–water partition coefficient (Wildman–Crippen LogP) is 3.03. The lowest BCUT2D eigenvalue weighted by Gasteiger charge is -2.18. The first-order valence-corrected chi connectivity index (χ1v) is 6.05. The van der Waals surface area contributed by atoms with Gasteiger partial charge in [-0.15, -0.1) is 0 Å². The van der Waals surface area contributed by atoms with Gasteiger partial charge in [0.2, 0.25) is 0 Å². The van der Waals surface area contributed by atoms with Crippen molar-refractivity contribution in [3.63, 3.8) is 0 Å². The average Bonchev–Trinajstić information content (AvgIpc) is 2.37. The number of anilines is 1. The Bertz CT molecular complexity index is 457. The molecule has 0 fully saturated rings. The van der Waals surface area contributed by atoms with Crippen LogP contribution in [0.15, 0.2) is 24.3 Å². The van der Waals surface area contributed by atoms with Gasteiger partial charge < -0.3 is 5.32 Å². The summed E-state index contributed by atoms with van der Waals surface area (Å²) in [5.41, 5.74) is 1.55. The molecule has 1 N–H and O–H groups in total. The van der Waals surface area contributed by atoms with Gasteiger partial charge in [0.1, 0.15) is 5.82 Å². The number of hydrogen-bond acceptors (Lipinski definition) is 3. The Labute approximate surface area is 102 Å². The SMILES string of the molecule is Cc1cc(C#N)cc(NCC2CC=CCC2)n1. The summed E-state index contributed by atoms with van der Waals surface area (Å²) in [6.07, 6.45) is 8.05. The van der Waals surface area contributed by atoms with E-state index in [1.54, 1.807) is 6.07 Å². The molecule has 1 unspecified atom stereocenters. The molecule has 3 heteroatoms. The first kappa shape index (κ1) is 11.7. The van der Waals surface area contributed by atoms with E-state index in [0.29, 0.717) is 11.5 Å². The highest BCUT2D eigenvalue weighted by Gasteiger charge is 2.09. The highest BCUT2D eigenvalue weighted by atomic mass is 15.0. The summed E-state index contributed by atoms with van der Waals surface area (Å²) in [6.45, 7) is 2.85. The standard InChI is InChI=1S/C14H17N3/c1-11-7-13(9-15)8-14(17-11)16-10-12-5-3-2-4-6-12/h2-3,7-8,12H,4-6,10H2,1H3,(H,16,17). The quantitative estimate of drug-likeness (QED) is 0.807. The minimum Gasteiger partial charge on any atom is -0.370 e. The number of aromatic nitrogens is 1. The molecule has 0 spiro atoms. The normalized spacial score (nSPS) is 18.7. The van der Waals surface area contributed by atoms with Gasteiger partial charge in [-0.05, 0) is 44.2 Å². The molecule has 1 heterocycles. The molecule has 1 aromatic rings. The third-order valence-electron chi connectivity index (χ3n) is 3.03. The Hall–Kier alpha value is -1.82. The summed E-state index contributed by atoms with van der Waals surface area (Å²) in [4.78, 5) is 4.39. The number of rotatable bonds is 3. The summed E-state index contributed by atoms with van der Waals surface area (Å²) in [5.74, 6) is 1.50. The van der Waals surface area contributed by atoms with Gasteiger partial charge in [0.05, 0.1) is 11.6 Å². The zero-order valence-corrected chi connectivity index (χ0v) is 10.1. The minimum atomic E-state index is 0.670. The Morgan fingerprint density at radius 3 is 3.06 bits per heavy atom. The topological polar surface area (TPSA) is 48.7 Å². The Balaban J connectivity index is 1.96. The van der Waals surface area contributed by atoms with Gasteiger partial charge >= 0.3 is 0 Å². The third kappa shape index (κ3) is 3.32. The fraction of sp³-hybridized carbons (Fsp3) is 0.429. The van der Waals surface area contributed by atoms with Crippen LogP contribution in [0.5, 0.6) is 0 Å². The van der Waals surface area contributed by atoms with Crippen molar-refractivity contribution in [1.82, 2.24) is 4.98 Å². The maximum atomic E-state index is 8.89. The molecule has 0 radical (unpaired) electrons. The van der Waals surface area contributed by atoms with E-state index in [4.69, 9.17) is 5.26 Å². The molecule has 1 aliphatic carbocycles. The van der Waals surface area contributed by atoms with E-state index in [2.05, 4.69) is 28.5 Å². The smallest absolute Gasteiger partial charge is 0.127 e. The first-order chi connectivity index (χ1) is 8.28. The fourth-order valence-corrected chi connectivity index (χ4v) is 2.11. The molecule has 1 aromatic heterocycles. The number of aryl methyl sites for hydroxylation is 1. The van der Waals surface area contributed by atoms with Gasteiger partial charge in [-0.2, -0.15) is 5.26 Å². The van der Waals surface area contributed by atoms with Crippen LogP contribution in [0, 0.1) is 24.2 Å². The van der Waals surface area contributed by atoms with Crippen molar-refractivity contribution in [1.29, 1.82) is 5.26 Å². The largest absolute Gasteiger partial charge is 0.370 e. The van der Waals surface area contributed by atoms with Crippen molar-refractivity contribution in [2.24, 2.45) is 5.92 Å². The Morgan fingerprint density at radius 1 is 1.47 bits per heavy atom. The van der Waals surface area contributed by atoms with E-state index in [9.17, 15) is 0 Å². The Morgan fingerprint density at radius 2 is 2.35 bits per heavy atom. The second-order valence-electron chi connectivity index (χ2n) is 4.53. The lowest BCUT2D eigenvalue weighted by Crippen LogP contribution is -2.16. The van der Waals surface area contributed by atoms with Crippen LogP contribution in [-0.2, 0) is 0 Å². The minimum absolute atomic E-state index is 0.670. The molecule has 0 aliphatic heterocycles. The number of nitrogens with one attached hydrogen (secondary N) is 1. The van der Waals surface area contributed by atoms with Gasteiger partial charge in [-0.1, -0.05) is 12.2 Å². The molecule has 0 saturated heterocycles. The van der Waals surface area contributed by atoms with Crippen LogP contribution in [0.4, 0.5) is 5.82 Å². The van der Waals surface area contributed by atoms with Crippen LogP contribution < -0.4 is 5.32 Å². The van der Waals surface area contributed by atoms with Crippen molar-refractivity contribution < 1.29 is 0 Å². The molecular weight excluding hydrogens is 210 g/mol. The lowest BCUT2D eigenvalue weighted by atomic mass is 9.94. The molecule has 1 aliphatic rings. The molecule has 3 nitrogen and oxygen atoms in total. The van der Waals surface area contributed by atoms with E-state index >= 15 is 0 Å². The molecule has 88 valence electrons. The predicted molar refractivity (Wildman–Crippen MR) is 68.7 cm³/mol. The summed E-state index contributed by atoms with van der Waals surface area (Å²) in [5, 5.41) is 12.2. The maximum absolute atomic E-state index is 8.89. The highest BCUT2D eigenvalue weighted by Crippen LogP contribution is 2.19. The van der Waals surface area contributed by atoms with Crippen molar-refractivity contribution in [2.75, 3.05) is 11.9 Å². The number of nitriles is 1. The van der Waals surface area contributed by atoms with Crippen molar-refractivity contribution in [2.45, 2.75) is 26.2 Å². The molecule has 0 amide bonds. The van der Waals surface area contributed by atoms with Crippen LogP contribution >= 0.6 is 0 Å². The van der Waals surface area contributed by atoms with Gasteiger partial charge in [0.15, 0.2) is 0 Å². The summed E-state index contributed by atoms with van der Waals surface area (Å²) in [6, 6.07) is 5.77. The van der Waals surface area contributed by atoms with E-state index in [-0.39, 0.29) is 0 Å². The van der Waals surface area contributed by atoms with E-state index in [1.165, 1.54) is 12.8 Å². The summed E-state index contributed by atoms with van der Waals surface area (Å²) >= 11 is 0. The number of nitrogens with zero attached hydrogens (tertiary/aromatic N) is 2. The van der Waals surface area contributed by atoms with E-state index in [0.717, 1.165) is 24.5 Å². The fourth-order valence-electron chi connectivity index (χ4n) is 2.11. The molecule has 1 atom stereocenters. The second kappa shape index (κ2) is 5.49. The Kier molecular flexibility index (Phi) is 3.77. The molecule has 0 bridgehead atoms.